The molecule has 0 heterocycles. The fourth-order valence-corrected chi connectivity index (χ4v) is 1.43. The van der Waals surface area contributed by atoms with E-state index < -0.39 is 0 Å². The van der Waals surface area contributed by atoms with Gasteiger partial charge in [0.25, 0.3) is 0 Å². The van der Waals surface area contributed by atoms with Crippen LogP contribution in [0.5, 0.6) is 0 Å². The lowest BCUT2D eigenvalue weighted by Gasteiger charge is -2.29. The Balaban J connectivity index is 4.03. The predicted molar refractivity (Wildman–Crippen MR) is 54.3 cm³/mol. The highest BCUT2D eigenvalue weighted by molar-refractivity contribution is 4.84. The smallest absolute Gasteiger partial charge is 0.0525 e. The summed E-state index contributed by atoms with van der Waals surface area (Å²) in [4.78, 5) is 0. The monoisotopic (exact) mass is 170 g/mol. The first-order chi connectivity index (χ1) is 5.74. The van der Waals surface area contributed by atoms with Crippen molar-refractivity contribution in [1.29, 1.82) is 0 Å². The topological polar surface area (TPSA) is 9.23 Å². The molecule has 0 N–H and O–H groups in total. The van der Waals surface area contributed by atoms with E-state index in [0.717, 1.165) is 19.6 Å². The van der Waals surface area contributed by atoms with Crippen LogP contribution in [0.4, 0.5) is 0 Å². The van der Waals surface area contributed by atoms with E-state index in [1.54, 1.807) is 0 Å². The molecule has 0 saturated heterocycles. The fraction of sp³-hybridized carbons (Fsp3) is 0.818. The van der Waals surface area contributed by atoms with Crippen LogP contribution in [-0.2, 0) is 4.74 Å². The van der Waals surface area contributed by atoms with Crippen LogP contribution in [0.1, 0.15) is 40.0 Å². The van der Waals surface area contributed by atoms with E-state index >= 15 is 0 Å². The van der Waals surface area contributed by atoms with Crippen molar-refractivity contribution in [3.8, 4) is 0 Å². The van der Waals surface area contributed by atoms with Crippen LogP contribution in [-0.4, -0.2) is 13.2 Å². The Bertz CT molecular complexity index is 114. The number of rotatable bonds is 7. The van der Waals surface area contributed by atoms with Crippen LogP contribution in [0.15, 0.2) is 12.7 Å². The highest BCUT2D eigenvalue weighted by Gasteiger charge is 2.24. The molecule has 0 rings (SSSR count). The number of allylic oxidation sites excluding steroid dienone is 1. The average molecular weight is 170 g/mol. The molecule has 0 aliphatic rings. The van der Waals surface area contributed by atoms with Crippen molar-refractivity contribution in [2.45, 2.75) is 40.0 Å². The van der Waals surface area contributed by atoms with Crippen LogP contribution in [0.25, 0.3) is 0 Å². The van der Waals surface area contributed by atoms with Gasteiger partial charge in [-0.1, -0.05) is 19.9 Å². The third-order valence-corrected chi connectivity index (χ3v) is 2.69. The van der Waals surface area contributed by atoms with E-state index in [0.29, 0.717) is 5.41 Å². The second kappa shape index (κ2) is 6.24. The zero-order chi connectivity index (χ0) is 9.45. The molecule has 0 radical (unpaired) electrons. The Kier molecular flexibility index (Phi) is 6.09. The number of hydrogen-bond donors (Lipinski definition) is 0. The van der Waals surface area contributed by atoms with Crippen molar-refractivity contribution in [2.75, 3.05) is 13.2 Å². The molecule has 1 heteroatoms. The zero-order valence-corrected chi connectivity index (χ0v) is 8.73. The Morgan fingerprint density at radius 3 is 2.17 bits per heavy atom. The summed E-state index contributed by atoms with van der Waals surface area (Å²) in [6.07, 6.45) is 5.43. The predicted octanol–water partition coefficient (Wildman–Crippen LogP) is 3.41. The van der Waals surface area contributed by atoms with Gasteiger partial charge in [0.05, 0.1) is 6.61 Å². The Morgan fingerprint density at radius 2 is 1.83 bits per heavy atom. The van der Waals surface area contributed by atoms with Gasteiger partial charge in [-0.05, 0) is 31.6 Å². The molecule has 0 aromatic rings. The lowest BCUT2D eigenvalue weighted by molar-refractivity contribution is 0.0464. The lowest BCUT2D eigenvalue weighted by atomic mass is 9.80. The minimum atomic E-state index is 0.345. The van der Waals surface area contributed by atoms with Crippen molar-refractivity contribution in [1.82, 2.24) is 0 Å². The third kappa shape index (κ3) is 3.40. The molecular formula is C11H22O. The second-order valence-corrected chi connectivity index (χ2v) is 3.34. The lowest BCUT2D eigenvalue weighted by Crippen LogP contribution is -2.24. The highest BCUT2D eigenvalue weighted by Crippen LogP contribution is 2.31. The molecule has 0 atom stereocenters. The van der Waals surface area contributed by atoms with Gasteiger partial charge >= 0.3 is 0 Å². The summed E-state index contributed by atoms with van der Waals surface area (Å²) in [5.41, 5.74) is 0.345. The zero-order valence-electron chi connectivity index (χ0n) is 8.73. The van der Waals surface area contributed by atoms with Crippen LogP contribution < -0.4 is 0 Å². The Morgan fingerprint density at radius 1 is 1.25 bits per heavy atom. The molecule has 0 amide bonds. The highest BCUT2D eigenvalue weighted by atomic mass is 16.5. The molecule has 0 bridgehead atoms. The van der Waals surface area contributed by atoms with Gasteiger partial charge < -0.3 is 4.74 Å². The van der Waals surface area contributed by atoms with Crippen molar-refractivity contribution in [3.05, 3.63) is 12.7 Å². The van der Waals surface area contributed by atoms with Gasteiger partial charge in [-0.25, -0.2) is 0 Å². The summed E-state index contributed by atoms with van der Waals surface area (Å²) in [6, 6.07) is 0. The molecule has 0 spiro atoms. The SMILES string of the molecule is C=CCC(CC)(CC)COCC. The summed E-state index contributed by atoms with van der Waals surface area (Å²) in [5, 5.41) is 0. The minimum Gasteiger partial charge on any atom is -0.381 e. The molecule has 0 fully saturated rings. The fourth-order valence-electron chi connectivity index (χ4n) is 1.43. The number of hydrogen-bond acceptors (Lipinski definition) is 1. The summed E-state index contributed by atoms with van der Waals surface area (Å²) >= 11 is 0. The van der Waals surface area contributed by atoms with Crippen molar-refractivity contribution >= 4 is 0 Å². The standard InChI is InChI=1S/C11H22O/c1-5-9-11(6-2,7-3)10-12-8-4/h5H,1,6-10H2,2-4H3. The maximum atomic E-state index is 5.49. The van der Waals surface area contributed by atoms with Gasteiger partial charge in [0.15, 0.2) is 0 Å². The molecule has 0 aromatic heterocycles. The largest absolute Gasteiger partial charge is 0.381 e. The summed E-state index contributed by atoms with van der Waals surface area (Å²) in [6.45, 7) is 12.0. The van der Waals surface area contributed by atoms with Gasteiger partial charge in [-0.3, -0.25) is 0 Å². The summed E-state index contributed by atoms with van der Waals surface area (Å²) in [5.74, 6) is 0. The van der Waals surface area contributed by atoms with Crippen LogP contribution >= 0.6 is 0 Å². The van der Waals surface area contributed by atoms with Crippen molar-refractivity contribution < 1.29 is 4.74 Å². The van der Waals surface area contributed by atoms with E-state index in [1.165, 1.54) is 12.8 Å². The molecule has 72 valence electrons. The van der Waals surface area contributed by atoms with E-state index in [4.69, 9.17) is 4.74 Å². The first kappa shape index (κ1) is 11.7. The average Bonchev–Trinajstić information content (AvgIpc) is 2.13. The molecule has 0 unspecified atom stereocenters. The van der Waals surface area contributed by atoms with Gasteiger partial charge in [0, 0.05) is 6.61 Å². The molecule has 0 aromatic carbocycles. The van der Waals surface area contributed by atoms with Crippen molar-refractivity contribution in [3.63, 3.8) is 0 Å². The van der Waals surface area contributed by atoms with E-state index in [1.807, 2.05) is 13.0 Å². The number of ether oxygens (including phenoxy) is 1. The first-order valence-corrected chi connectivity index (χ1v) is 4.93. The minimum absolute atomic E-state index is 0.345. The first-order valence-electron chi connectivity index (χ1n) is 4.93. The van der Waals surface area contributed by atoms with Gasteiger partial charge in [0.2, 0.25) is 0 Å². The van der Waals surface area contributed by atoms with Crippen LogP contribution in [0.3, 0.4) is 0 Å². The van der Waals surface area contributed by atoms with E-state index in [2.05, 4.69) is 20.4 Å². The Hall–Kier alpha value is -0.300. The third-order valence-electron chi connectivity index (χ3n) is 2.69. The van der Waals surface area contributed by atoms with Crippen LogP contribution in [0.2, 0.25) is 0 Å². The van der Waals surface area contributed by atoms with E-state index in [-0.39, 0.29) is 0 Å². The Labute approximate surface area is 76.8 Å². The van der Waals surface area contributed by atoms with Crippen LogP contribution in [0, 0.1) is 5.41 Å². The van der Waals surface area contributed by atoms with Gasteiger partial charge in [0.1, 0.15) is 0 Å². The normalized spacial score (nSPS) is 11.6. The molecule has 0 aliphatic heterocycles. The summed E-state index contributed by atoms with van der Waals surface area (Å²) in [7, 11) is 0. The van der Waals surface area contributed by atoms with Gasteiger partial charge in [-0.2, -0.15) is 0 Å². The molecule has 0 saturated carbocycles. The molecule has 12 heavy (non-hydrogen) atoms. The quantitative estimate of drug-likeness (QED) is 0.532. The van der Waals surface area contributed by atoms with Gasteiger partial charge in [-0.15, -0.1) is 6.58 Å². The molecular weight excluding hydrogens is 148 g/mol. The maximum absolute atomic E-state index is 5.49. The summed E-state index contributed by atoms with van der Waals surface area (Å²) < 4.78 is 5.49. The molecule has 1 nitrogen and oxygen atoms in total. The van der Waals surface area contributed by atoms with E-state index in [9.17, 15) is 0 Å². The second-order valence-electron chi connectivity index (χ2n) is 3.34. The molecule has 0 aliphatic carbocycles. The van der Waals surface area contributed by atoms with Crippen molar-refractivity contribution in [2.24, 2.45) is 5.41 Å². The maximum Gasteiger partial charge on any atom is 0.0525 e.